The molecule has 7 nitrogen and oxygen atoms in total. The average Bonchev–Trinajstić information content (AvgIpc) is 3.43. The highest BCUT2D eigenvalue weighted by atomic mass is 19.4. The van der Waals surface area contributed by atoms with E-state index in [1.807, 2.05) is 0 Å². The molecule has 0 spiro atoms. The quantitative estimate of drug-likeness (QED) is 0.211. The number of hydrogen-bond acceptors (Lipinski definition) is 7. The maximum absolute atomic E-state index is 13.4. The maximum atomic E-state index is 13.4. The molecular formula is C32H21F3O7. The van der Waals surface area contributed by atoms with E-state index >= 15 is 0 Å². The van der Waals surface area contributed by atoms with E-state index in [0.717, 1.165) is 23.3 Å². The van der Waals surface area contributed by atoms with Crippen molar-refractivity contribution >= 4 is 21.9 Å². The molecule has 0 unspecified atom stereocenters. The van der Waals surface area contributed by atoms with E-state index in [1.54, 1.807) is 38.1 Å². The molecule has 0 amide bonds. The van der Waals surface area contributed by atoms with Crippen LogP contribution in [0.5, 0.6) is 11.5 Å². The van der Waals surface area contributed by atoms with E-state index < -0.39 is 51.5 Å². The molecule has 6 aromatic rings. The molecule has 6 rings (SSSR count). The summed E-state index contributed by atoms with van der Waals surface area (Å²) in [7, 11) is 0. The first kappa shape index (κ1) is 26.9. The second kappa shape index (κ2) is 9.69. The number of rotatable bonds is 4. The molecule has 42 heavy (non-hydrogen) atoms. The number of alkyl halides is 3. The molecule has 3 heterocycles. The van der Waals surface area contributed by atoms with Crippen molar-refractivity contribution in [2.24, 2.45) is 0 Å². The van der Waals surface area contributed by atoms with E-state index in [1.165, 1.54) is 36.4 Å². The van der Waals surface area contributed by atoms with Gasteiger partial charge < -0.3 is 23.5 Å². The fourth-order valence-corrected chi connectivity index (χ4v) is 5.08. The van der Waals surface area contributed by atoms with Crippen molar-refractivity contribution in [3.8, 4) is 22.8 Å². The Bertz CT molecular complexity index is 2030. The normalized spacial score (nSPS) is 12.0. The Morgan fingerprint density at radius 1 is 0.690 bits per heavy atom. The summed E-state index contributed by atoms with van der Waals surface area (Å²) >= 11 is 0. The Labute approximate surface area is 234 Å². The summed E-state index contributed by atoms with van der Waals surface area (Å²) in [6.45, 7) is 3.53. The molecular weight excluding hydrogens is 553 g/mol. The zero-order valence-electron chi connectivity index (χ0n) is 22.1. The van der Waals surface area contributed by atoms with Crippen LogP contribution in [0.2, 0.25) is 0 Å². The van der Waals surface area contributed by atoms with Gasteiger partial charge in [0.05, 0.1) is 33.4 Å². The fourth-order valence-electron chi connectivity index (χ4n) is 5.08. The van der Waals surface area contributed by atoms with Gasteiger partial charge in [0.2, 0.25) is 0 Å². The molecule has 10 heteroatoms. The molecule has 0 saturated heterocycles. The van der Waals surface area contributed by atoms with Crippen LogP contribution in [0, 0.1) is 13.8 Å². The lowest BCUT2D eigenvalue weighted by Crippen LogP contribution is -2.21. The van der Waals surface area contributed by atoms with Crippen LogP contribution < -0.4 is 11.3 Å². The van der Waals surface area contributed by atoms with Crippen LogP contribution in [0.4, 0.5) is 13.2 Å². The molecule has 0 aliphatic heterocycles. The first-order chi connectivity index (χ1) is 19.9. The van der Waals surface area contributed by atoms with Gasteiger partial charge in [-0.1, -0.05) is 35.4 Å². The van der Waals surface area contributed by atoms with Crippen LogP contribution in [-0.2, 0) is 6.18 Å². The van der Waals surface area contributed by atoms with Crippen LogP contribution >= 0.6 is 0 Å². The van der Waals surface area contributed by atoms with Crippen LogP contribution in [0.15, 0.2) is 95.6 Å². The lowest BCUT2D eigenvalue weighted by Gasteiger charge is -2.18. The first-order valence-corrected chi connectivity index (χ1v) is 12.7. The van der Waals surface area contributed by atoms with E-state index in [0.29, 0.717) is 0 Å². The second-order valence-corrected chi connectivity index (χ2v) is 10.0. The van der Waals surface area contributed by atoms with E-state index in [4.69, 9.17) is 13.3 Å². The van der Waals surface area contributed by atoms with Crippen molar-refractivity contribution in [2.75, 3.05) is 0 Å². The molecule has 0 aliphatic rings. The van der Waals surface area contributed by atoms with Gasteiger partial charge >= 0.3 is 17.4 Å². The first-order valence-electron chi connectivity index (χ1n) is 12.7. The number of hydrogen-bond donors (Lipinski definition) is 2. The standard InChI is InChI=1S/C32H21F3O7/c1-15-6-8-22-19(12-15)28(36)26(30(38)41-22)25(27-29(37)20-13-16(2)7-9-23(20)42-31(27)39)24-11-10-21(40-24)17-4-3-5-18(14-17)32(33,34)35/h3-14,25,36-37H,1-2H3. The van der Waals surface area contributed by atoms with Crippen molar-refractivity contribution < 1.29 is 36.6 Å². The van der Waals surface area contributed by atoms with Gasteiger partial charge in [-0.3, -0.25) is 0 Å². The Hall–Kier alpha value is -5.25. The molecule has 2 N–H and O–H groups in total. The highest BCUT2D eigenvalue weighted by Crippen LogP contribution is 2.43. The lowest BCUT2D eigenvalue weighted by molar-refractivity contribution is -0.137. The molecule has 3 aromatic carbocycles. The molecule has 0 atom stereocenters. The predicted molar refractivity (Wildman–Crippen MR) is 148 cm³/mol. The van der Waals surface area contributed by atoms with Gasteiger partial charge in [-0.15, -0.1) is 0 Å². The monoisotopic (exact) mass is 574 g/mol. The molecule has 212 valence electrons. The summed E-state index contributed by atoms with van der Waals surface area (Å²) in [5, 5.41) is 23.1. The number of halogens is 3. The number of aromatic hydroxyl groups is 2. The van der Waals surface area contributed by atoms with Gasteiger partial charge in [0, 0.05) is 5.56 Å². The Kier molecular flexibility index (Phi) is 6.22. The summed E-state index contributed by atoms with van der Waals surface area (Å²) in [5.74, 6) is -2.74. The van der Waals surface area contributed by atoms with Gasteiger partial charge in [0.25, 0.3) is 0 Å². The van der Waals surface area contributed by atoms with Gasteiger partial charge in [0.1, 0.15) is 34.2 Å². The summed E-state index contributed by atoms with van der Waals surface area (Å²) in [4.78, 5) is 26.8. The number of benzene rings is 3. The van der Waals surface area contributed by atoms with Gasteiger partial charge in [0.15, 0.2) is 0 Å². The van der Waals surface area contributed by atoms with E-state index in [-0.39, 0.29) is 39.0 Å². The number of aryl methyl sites for hydroxylation is 2. The maximum Gasteiger partial charge on any atom is 0.416 e. The molecule has 0 radical (unpaired) electrons. The van der Waals surface area contributed by atoms with Gasteiger partial charge in [-0.25, -0.2) is 9.59 Å². The van der Waals surface area contributed by atoms with Crippen LogP contribution in [-0.4, -0.2) is 10.2 Å². The number of furan rings is 1. The molecule has 0 aliphatic carbocycles. The summed E-state index contributed by atoms with van der Waals surface area (Å²) in [6, 6.07) is 16.7. The third-order valence-electron chi connectivity index (χ3n) is 7.10. The Morgan fingerprint density at radius 3 is 1.76 bits per heavy atom. The SMILES string of the molecule is Cc1ccc2oc(=O)c(C(c3ccc(-c4cccc(C(F)(F)F)c4)o3)c3c(O)c4cc(C)ccc4oc3=O)c(O)c2c1. The smallest absolute Gasteiger partial charge is 0.416 e. The Morgan fingerprint density at radius 2 is 1.24 bits per heavy atom. The van der Waals surface area contributed by atoms with E-state index in [9.17, 15) is 33.0 Å². The minimum atomic E-state index is -4.60. The molecule has 0 bridgehead atoms. The van der Waals surface area contributed by atoms with Crippen LogP contribution in [0.25, 0.3) is 33.3 Å². The minimum absolute atomic E-state index is 0.0119. The van der Waals surface area contributed by atoms with Crippen LogP contribution in [0.1, 0.15) is 39.5 Å². The number of fused-ring (bicyclic) bond motifs is 2. The predicted octanol–water partition coefficient (Wildman–Crippen LogP) is 7.39. The highest BCUT2D eigenvalue weighted by Gasteiger charge is 2.35. The van der Waals surface area contributed by atoms with Gasteiger partial charge in [-0.2, -0.15) is 13.2 Å². The average molecular weight is 575 g/mol. The zero-order chi connectivity index (χ0) is 29.9. The summed E-state index contributed by atoms with van der Waals surface area (Å²) < 4.78 is 57.0. The van der Waals surface area contributed by atoms with Crippen molar-refractivity contribution in [1.82, 2.24) is 0 Å². The summed E-state index contributed by atoms with van der Waals surface area (Å²) in [5.41, 5.74) is -2.07. The largest absolute Gasteiger partial charge is 0.507 e. The topological polar surface area (TPSA) is 114 Å². The third kappa shape index (κ3) is 4.50. The van der Waals surface area contributed by atoms with Crippen molar-refractivity contribution in [2.45, 2.75) is 25.9 Å². The highest BCUT2D eigenvalue weighted by molar-refractivity contribution is 5.87. The second-order valence-electron chi connectivity index (χ2n) is 10.0. The van der Waals surface area contributed by atoms with Crippen molar-refractivity contribution in [1.29, 1.82) is 0 Å². The fraction of sp³-hybridized carbons (Fsp3) is 0.125. The third-order valence-corrected chi connectivity index (χ3v) is 7.10. The molecule has 0 saturated carbocycles. The molecule has 3 aromatic heterocycles. The summed E-state index contributed by atoms with van der Waals surface area (Å²) in [6.07, 6.45) is -4.60. The van der Waals surface area contributed by atoms with Crippen molar-refractivity contribution in [3.63, 3.8) is 0 Å². The van der Waals surface area contributed by atoms with E-state index in [2.05, 4.69) is 0 Å². The van der Waals surface area contributed by atoms with Crippen molar-refractivity contribution in [3.05, 3.63) is 127 Å². The Balaban J connectivity index is 1.65. The van der Waals surface area contributed by atoms with Crippen LogP contribution in [0.3, 0.4) is 0 Å². The molecule has 0 fully saturated rings. The lowest BCUT2D eigenvalue weighted by atomic mass is 9.88. The minimum Gasteiger partial charge on any atom is -0.507 e. The zero-order valence-corrected chi connectivity index (χ0v) is 22.1. The van der Waals surface area contributed by atoms with Gasteiger partial charge in [-0.05, 0) is 62.4 Å².